The van der Waals surface area contributed by atoms with Gasteiger partial charge >= 0.3 is 0 Å². The van der Waals surface area contributed by atoms with Crippen LogP contribution in [0.25, 0.3) is 0 Å². The number of fused-ring (bicyclic) bond motifs is 1. The summed E-state index contributed by atoms with van der Waals surface area (Å²) in [5.74, 6) is -0.0573. The van der Waals surface area contributed by atoms with Crippen molar-refractivity contribution >= 4 is 5.91 Å². The maximum absolute atomic E-state index is 12.4. The zero-order chi connectivity index (χ0) is 15.1. The van der Waals surface area contributed by atoms with Gasteiger partial charge in [0.1, 0.15) is 0 Å². The van der Waals surface area contributed by atoms with E-state index in [4.69, 9.17) is 9.47 Å². The van der Waals surface area contributed by atoms with Crippen LogP contribution >= 0.6 is 0 Å². The number of hydrogen-bond donors (Lipinski definition) is 2. The van der Waals surface area contributed by atoms with Gasteiger partial charge in [-0.2, -0.15) is 0 Å². The van der Waals surface area contributed by atoms with Crippen molar-refractivity contribution in [3.8, 4) is 0 Å². The minimum absolute atomic E-state index is 0.0573. The second kappa shape index (κ2) is 8.12. The molecule has 1 aliphatic rings. The maximum atomic E-state index is 12.4. The minimum Gasteiger partial charge on any atom is -0.351 e. The van der Waals surface area contributed by atoms with Crippen molar-refractivity contribution < 1.29 is 14.3 Å². The Labute approximate surface area is 126 Å². The van der Waals surface area contributed by atoms with Crippen LogP contribution in [0, 0.1) is 0 Å². The first kappa shape index (κ1) is 15.9. The molecule has 116 valence electrons. The van der Waals surface area contributed by atoms with E-state index >= 15 is 0 Å². The molecule has 1 amide bonds. The summed E-state index contributed by atoms with van der Waals surface area (Å²) in [6, 6.07) is 5.89. The molecule has 0 bridgehead atoms. The molecule has 5 heteroatoms. The number of rotatable bonds is 7. The summed E-state index contributed by atoms with van der Waals surface area (Å²) in [5.41, 5.74) is 3.12. The molecule has 1 aliphatic heterocycles. The Balaban J connectivity index is 2.00. The average Bonchev–Trinajstić information content (AvgIpc) is 2.52. The highest BCUT2D eigenvalue weighted by atomic mass is 16.7. The average molecular weight is 292 g/mol. The standard InChI is InChI=1S/C16H24N2O3/c1-3-20-15(21-4-2)11-18-16(19)14-7-5-6-12-10-17-9-8-13(12)14/h5-7,15,17H,3-4,8-11H2,1-2H3,(H,18,19). The summed E-state index contributed by atoms with van der Waals surface area (Å²) in [5, 5.41) is 6.23. The van der Waals surface area contributed by atoms with Crippen molar-refractivity contribution in [1.29, 1.82) is 0 Å². The van der Waals surface area contributed by atoms with Crippen molar-refractivity contribution in [1.82, 2.24) is 10.6 Å². The SMILES string of the molecule is CCOC(CNC(=O)c1cccc2c1CCNC2)OCC. The van der Waals surface area contributed by atoms with Crippen molar-refractivity contribution in [3.05, 3.63) is 34.9 Å². The number of carbonyl (C=O) groups is 1. The fraction of sp³-hybridized carbons (Fsp3) is 0.562. The molecule has 0 aliphatic carbocycles. The van der Waals surface area contributed by atoms with Gasteiger partial charge in [-0.05, 0) is 44.0 Å². The summed E-state index contributed by atoms with van der Waals surface area (Å²) in [4.78, 5) is 12.4. The highest BCUT2D eigenvalue weighted by molar-refractivity contribution is 5.96. The molecule has 0 saturated carbocycles. The van der Waals surface area contributed by atoms with Crippen LogP contribution < -0.4 is 10.6 Å². The van der Waals surface area contributed by atoms with Crippen molar-refractivity contribution in [3.63, 3.8) is 0 Å². The van der Waals surface area contributed by atoms with Gasteiger partial charge in [-0.1, -0.05) is 12.1 Å². The zero-order valence-corrected chi connectivity index (χ0v) is 12.8. The quantitative estimate of drug-likeness (QED) is 0.747. The lowest BCUT2D eigenvalue weighted by Crippen LogP contribution is -2.36. The molecule has 1 heterocycles. The van der Waals surface area contributed by atoms with Gasteiger partial charge in [0.2, 0.25) is 0 Å². The van der Waals surface area contributed by atoms with Gasteiger partial charge in [0.05, 0.1) is 6.54 Å². The molecule has 0 aromatic heterocycles. The third kappa shape index (κ3) is 4.27. The van der Waals surface area contributed by atoms with E-state index in [0.717, 1.165) is 30.6 Å². The zero-order valence-electron chi connectivity index (χ0n) is 12.8. The van der Waals surface area contributed by atoms with E-state index in [-0.39, 0.29) is 12.2 Å². The van der Waals surface area contributed by atoms with Crippen molar-refractivity contribution in [2.75, 3.05) is 26.3 Å². The summed E-state index contributed by atoms with van der Waals surface area (Å²) in [6.45, 7) is 7.06. The van der Waals surface area contributed by atoms with Crippen LogP contribution in [0.4, 0.5) is 0 Å². The first-order chi connectivity index (χ1) is 10.3. The van der Waals surface area contributed by atoms with Gasteiger partial charge in [-0.3, -0.25) is 4.79 Å². The Kier molecular flexibility index (Phi) is 6.17. The van der Waals surface area contributed by atoms with Gasteiger partial charge < -0.3 is 20.1 Å². The first-order valence-corrected chi connectivity index (χ1v) is 7.59. The van der Waals surface area contributed by atoms with Gasteiger partial charge in [-0.15, -0.1) is 0 Å². The lowest BCUT2D eigenvalue weighted by atomic mass is 9.95. The highest BCUT2D eigenvalue weighted by Crippen LogP contribution is 2.18. The number of hydrogen-bond acceptors (Lipinski definition) is 4. The van der Waals surface area contributed by atoms with Crippen LogP contribution in [0.1, 0.15) is 35.3 Å². The molecular formula is C16H24N2O3. The predicted molar refractivity (Wildman–Crippen MR) is 81.2 cm³/mol. The number of ether oxygens (including phenoxy) is 2. The molecule has 0 unspecified atom stereocenters. The Morgan fingerprint density at radius 1 is 1.33 bits per heavy atom. The fourth-order valence-corrected chi connectivity index (χ4v) is 2.55. The monoisotopic (exact) mass is 292 g/mol. The van der Waals surface area contributed by atoms with Crippen LogP contribution in [-0.2, 0) is 22.4 Å². The Hall–Kier alpha value is -1.43. The molecule has 1 aromatic carbocycles. The van der Waals surface area contributed by atoms with Crippen LogP contribution in [0.2, 0.25) is 0 Å². The Morgan fingerprint density at radius 2 is 2.10 bits per heavy atom. The van der Waals surface area contributed by atoms with E-state index in [2.05, 4.69) is 16.7 Å². The summed E-state index contributed by atoms with van der Waals surface area (Å²) < 4.78 is 10.9. The molecule has 0 radical (unpaired) electrons. The van der Waals surface area contributed by atoms with E-state index in [1.54, 1.807) is 0 Å². The number of nitrogens with one attached hydrogen (secondary N) is 2. The third-order valence-corrected chi connectivity index (χ3v) is 3.52. The van der Waals surface area contributed by atoms with E-state index in [1.807, 2.05) is 26.0 Å². The van der Waals surface area contributed by atoms with E-state index < -0.39 is 0 Å². The van der Waals surface area contributed by atoms with Crippen molar-refractivity contribution in [2.24, 2.45) is 0 Å². The lowest BCUT2D eigenvalue weighted by molar-refractivity contribution is -0.131. The van der Waals surface area contributed by atoms with Crippen LogP contribution in [0.3, 0.4) is 0 Å². The highest BCUT2D eigenvalue weighted by Gasteiger charge is 2.18. The summed E-state index contributed by atoms with van der Waals surface area (Å²) in [6.07, 6.45) is 0.504. The van der Waals surface area contributed by atoms with Crippen LogP contribution in [-0.4, -0.2) is 38.5 Å². The van der Waals surface area contributed by atoms with Crippen LogP contribution in [0.5, 0.6) is 0 Å². The lowest BCUT2D eigenvalue weighted by Gasteiger charge is -2.21. The molecule has 0 spiro atoms. The molecule has 2 rings (SSSR count). The second-order valence-electron chi connectivity index (χ2n) is 4.92. The minimum atomic E-state index is -0.384. The summed E-state index contributed by atoms with van der Waals surface area (Å²) >= 11 is 0. The topological polar surface area (TPSA) is 59.6 Å². The molecule has 1 aromatic rings. The molecule has 0 atom stereocenters. The first-order valence-electron chi connectivity index (χ1n) is 7.59. The van der Waals surface area contributed by atoms with E-state index in [9.17, 15) is 4.79 Å². The number of carbonyl (C=O) groups excluding carboxylic acids is 1. The van der Waals surface area contributed by atoms with Gasteiger partial charge in [0, 0.05) is 25.3 Å². The van der Waals surface area contributed by atoms with E-state index in [0.29, 0.717) is 19.8 Å². The fourth-order valence-electron chi connectivity index (χ4n) is 2.55. The van der Waals surface area contributed by atoms with Crippen molar-refractivity contribution in [2.45, 2.75) is 33.1 Å². The largest absolute Gasteiger partial charge is 0.351 e. The predicted octanol–water partition coefficient (Wildman–Crippen LogP) is 1.46. The van der Waals surface area contributed by atoms with Crippen LogP contribution in [0.15, 0.2) is 18.2 Å². The van der Waals surface area contributed by atoms with Gasteiger partial charge in [-0.25, -0.2) is 0 Å². The Bertz CT molecular complexity index is 471. The Morgan fingerprint density at radius 3 is 2.81 bits per heavy atom. The number of amides is 1. The molecule has 21 heavy (non-hydrogen) atoms. The van der Waals surface area contributed by atoms with Gasteiger partial charge in [0.15, 0.2) is 6.29 Å². The molecular weight excluding hydrogens is 268 g/mol. The molecule has 0 saturated heterocycles. The van der Waals surface area contributed by atoms with Gasteiger partial charge in [0.25, 0.3) is 5.91 Å². The molecule has 0 fully saturated rings. The molecule has 2 N–H and O–H groups in total. The second-order valence-corrected chi connectivity index (χ2v) is 4.92. The van der Waals surface area contributed by atoms with E-state index in [1.165, 1.54) is 5.56 Å². The molecule has 5 nitrogen and oxygen atoms in total. The smallest absolute Gasteiger partial charge is 0.251 e. The maximum Gasteiger partial charge on any atom is 0.251 e. The summed E-state index contributed by atoms with van der Waals surface area (Å²) in [7, 11) is 0. The normalized spacial score (nSPS) is 14.0. The third-order valence-electron chi connectivity index (χ3n) is 3.52. The number of benzene rings is 1.